The molecular weight excluding hydrogens is 476 g/mol. The molecule has 0 aliphatic rings. The van der Waals surface area contributed by atoms with Gasteiger partial charge in [-0.15, -0.1) is 0 Å². The largest absolute Gasteiger partial charge is 0.480 e. The number of aliphatic carboxylic acids is 1. The van der Waals surface area contributed by atoms with E-state index in [2.05, 4.69) is 10.6 Å². The molecule has 3 N–H and O–H groups in total. The van der Waals surface area contributed by atoms with Crippen molar-refractivity contribution >= 4 is 23.8 Å². The highest BCUT2D eigenvalue weighted by atomic mass is 16.6. The molecule has 0 radical (unpaired) electrons. The van der Waals surface area contributed by atoms with Crippen LogP contribution in [-0.4, -0.2) is 59.3 Å². The predicted molar refractivity (Wildman–Crippen MR) is 144 cm³/mol. The molecule has 0 bridgehead atoms. The van der Waals surface area contributed by atoms with Gasteiger partial charge in [-0.2, -0.15) is 0 Å². The Morgan fingerprint density at radius 3 is 1.54 bits per heavy atom. The van der Waals surface area contributed by atoms with Gasteiger partial charge in [0, 0.05) is 13.0 Å². The van der Waals surface area contributed by atoms with Crippen molar-refractivity contribution < 1.29 is 33.8 Å². The Morgan fingerprint density at radius 1 is 0.676 bits per heavy atom. The standard InChI is InChI=1S/C28H52N2O7/c1-27(2,3)36-23(32)19-17-15-13-11-9-7-8-10-12-14-16-18-20-29-22(31)21-30-24(25(33)34)26(35)37-28(4,5)6/h24,30H,7-21H2,1-6H3,(H,29,31)(H,33,34). The molecule has 216 valence electrons. The van der Waals surface area contributed by atoms with Crippen LogP contribution in [0.4, 0.5) is 0 Å². The van der Waals surface area contributed by atoms with Crippen molar-refractivity contribution in [3.8, 4) is 0 Å². The number of esters is 2. The predicted octanol–water partition coefficient (Wildman–Crippen LogP) is 4.90. The number of carboxylic acids is 1. The number of hydrogen-bond donors (Lipinski definition) is 3. The number of hydrogen-bond acceptors (Lipinski definition) is 7. The van der Waals surface area contributed by atoms with Gasteiger partial charge in [0.2, 0.25) is 11.9 Å². The molecule has 1 unspecified atom stereocenters. The van der Waals surface area contributed by atoms with Crippen LogP contribution in [0.2, 0.25) is 0 Å². The van der Waals surface area contributed by atoms with Crippen LogP contribution in [0.15, 0.2) is 0 Å². The van der Waals surface area contributed by atoms with E-state index in [1.165, 1.54) is 44.9 Å². The van der Waals surface area contributed by atoms with Crippen molar-refractivity contribution in [3.63, 3.8) is 0 Å². The number of ether oxygens (including phenoxy) is 2. The maximum atomic E-state index is 12.0. The van der Waals surface area contributed by atoms with Crippen LogP contribution in [0.1, 0.15) is 125 Å². The van der Waals surface area contributed by atoms with Crippen LogP contribution in [-0.2, 0) is 28.7 Å². The van der Waals surface area contributed by atoms with Gasteiger partial charge in [0.25, 0.3) is 0 Å². The van der Waals surface area contributed by atoms with E-state index in [1.54, 1.807) is 20.8 Å². The minimum atomic E-state index is -1.57. The second-order valence-electron chi connectivity index (χ2n) is 11.6. The third-order valence-electron chi connectivity index (χ3n) is 5.41. The molecule has 0 fully saturated rings. The van der Waals surface area contributed by atoms with Gasteiger partial charge >= 0.3 is 17.9 Å². The summed E-state index contributed by atoms with van der Waals surface area (Å²) in [5.74, 6) is -2.74. The zero-order valence-corrected chi connectivity index (χ0v) is 24.1. The average molecular weight is 529 g/mol. The number of carbonyl (C=O) groups is 4. The summed E-state index contributed by atoms with van der Waals surface area (Å²) in [6, 6.07) is -1.57. The van der Waals surface area contributed by atoms with E-state index < -0.39 is 29.2 Å². The fourth-order valence-corrected chi connectivity index (χ4v) is 3.67. The molecule has 0 spiro atoms. The Labute approximate surface area is 223 Å². The Balaban J connectivity index is 3.60. The Hall–Kier alpha value is -2.16. The van der Waals surface area contributed by atoms with Crippen LogP contribution in [0.5, 0.6) is 0 Å². The first-order valence-corrected chi connectivity index (χ1v) is 13.9. The molecule has 9 nitrogen and oxygen atoms in total. The zero-order valence-electron chi connectivity index (χ0n) is 24.1. The molecule has 0 saturated carbocycles. The molecule has 0 rings (SSSR count). The first-order chi connectivity index (χ1) is 17.2. The van der Waals surface area contributed by atoms with E-state index in [1.807, 2.05) is 20.8 Å². The highest BCUT2D eigenvalue weighted by Crippen LogP contribution is 2.14. The van der Waals surface area contributed by atoms with Crippen molar-refractivity contribution in [1.82, 2.24) is 10.6 Å². The number of amides is 1. The normalized spacial score (nSPS) is 12.6. The molecular formula is C28H52N2O7. The molecule has 0 aromatic heterocycles. The molecule has 0 aromatic carbocycles. The second-order valence-corrected chi connectivity index (χ2v) is 11.6. The van der Waals surface area contributed by atoms with E-state index in [4.69, 9.17) is 9.47 Å². The van der Waals surface area contributed by atoms with Gasteiger partial charge in [-0.3, -0.25) is 14.9 Å². The van der Waals surface area contributed by atoms with Gasteiger partial charge in [-0.05, 0) is 54.4 Å². The van der Waals surface area contributed by atoms with E-state index in [0.29, 0.717) is 13.0 Å². The smallest absolute Gasteiger partial charge is 0.335 e. The molecule has 0 aromatic rings. The summed E-state index contributed by atoms with van der Waals surface area (Å²) in [7, 11) is 0. The van der Waals surface area contributed by atoms with Crippen molar-refractivity contribution in [2.24, 2.45) is 0 Å². The molecule has 9 heteroatoms. The molecule has 37 heavy (non-hydrogen) atoms. The van der Waals surface area contributed by atoms with Crippen LogP contribution in [0, 0.1) is 0 Å². The van der Waals surface area contributed by atoms with Gasteiger partial charge < -0.3 is 19.9 Å². The Morgan fingerprint density at radius 2 is 1.11 bits per heavy atom. The van der Waals surface area contributed by atoms with Crippen LogP contribution in [0.3, 0.4) is 0 Å². The third kappa shape index (κ3) is 22.7. The van der Waals surface area contributed by atoms with Gasteiger partial charge in [0.15, 0.2) is 0 Å². The third-order valence-corrected chi connectivity index (χ3v) is 5.41. The lowest BCUT2D eigenvalue weighted by atomic mass is 10.0. The summed E-state index contributed by atoms with van der Waals surface area (Å²) < 4.78 is 10.4. The minimum absolute atomic E-state index is 0.101. The Kier molecular flexibility index (Phi) is 17.9. The summed E-state index contributed by atoms with van der Waals surface area (Å²) in [5.41, 5.74) is -1.20. The molecule has 1 atom stereocenters. The summed E-state index contributed by atoms with van der Waals surface area (Å²) >= 11 is 0. The maximum absolute atomic E-state index is 12.0. The van der Waals surface area contributed by atoms with Crippen LogP contribution in [0.25, 0.3) is 0 Å². The Bertz CT molecular complexity index is 681. The second kappa shape index (κ2) is 19.0. The molecule has 0 aliphatic carbocycles. The lowest BCUT2D eigenvalue weighted by Gasteiger charge is -2.22. The SMILES string of the molecule is CC(C)(C)OC(=O)CCCCCCCCCCCCCCNC(=O)CNC(C(=O)O)C(=O)OC(C)(C)C. The van der Waals surface area contributed by atoms with Gasteiger partial charge in [0.05, 0.1) is 6.54 Å². The minimum Gasteiger partial charge on any atom is -0.480 e. The number of rotatable bonds is 20. The summed E-state index contributed by atoms with van der Waals surface area (Å²) in [6.45, 7) is 10.9. The van der Waals surface area contributed by atoms with E-state index in [0.717, 1.165) is 32.1 Å². The highest BCUT2D eigenvalue weighted by Gasteiger charge is 2.31. The first-order valence-electron chi connectivity index (χ1n) is 13.9. The van der Waals surface area contributed by atoms with Crippen molar-refractivity contribution in [2.75, 3.05) is 13.1 Å². The fourth-order valence-electron chi connectivity index (χ4n) is 3.67. The van der Waals surface area contributed by atoms with Crippen LogP contribution < -0.4 is 10.6 Å². The first kappa shape index (κ1) is 34.8. The van der Waals surface area contributed by atoms with Gasteiger partial charge in [-0.1, -0.05) is 64.2 Å². The topological polar surface area (TPSA) is 131 Å². The average Bonchev–Trinajstić information content (AvgIpc) is 2.73. The maximum Gasteiger partial charge on any atom is 0.335 e. The quantitative estimate of drug-likeness (QED) is 0.116. The molecule has 0 heterocycles. The lowest BCUT2D eigenvalue weighted by Crippen LogP contribution is -2.49. The van der Waals surface area contributed by atoms with Crippen molar-refractivity contribution in [2.45, 2.75) is 142 Å². The zero-order chi connectivity index (χ0) is 28.3. The van der Waals surface area contributed by atoms with Gasteiger partial charge in [0.1, 0.15) is 11.2 Å². The van der Waals surface area contributed by atoms with Crippen molar-refractivity contribution in [3.05, 3.63) is 0 Å². The number of carboxylic acid groups (broad SMARTS) is 1. The van der Waals surface area contributed by atoms with E-state index in [-0.39, 0.29) is 18.4 Å². The number of unbranched alkanes of at least 4 members (excludes halogenated alkanes) is 11. The van der Waals surface area contributed by atoms with Crippen molar-refractivity contribution in [1.29, 1.82) is 0 Å². The number of carbonyl (C=O) groups excluding carboxylic acids is 3. The van der Waals surface area contributed by atoms with Crippen LogP contribution >= 0.6 is 0 Å². The molecule has 0 aliphatic heterocycles. The monoisotopic (exact) mass is 528 g/mol. The summed E-state index contributed by atoms with van der Waals surface area (Å²) in [6.07, 6.45) is 14.0. The fraction of sp³-hybridized carbons (Fsp3) is 0.857. The highest BCUT2D eigenvalue weighted by molar-refractivity contribution is 5.99. The lowest BCUT2D eigenvalue weighted by molar-refractivity contribution is -0.163. The van der Waals surface area contributed by atoms with Gasteiger partial charge in [-0.25, -0.2) is 9.59 Å². The van der Waals surface area contributed by atoms with E-state index in [9.17, 15) is 24.3 Å². The molecule has 1 amide bonds. The summed E-state index contributed by atoms with van der Waals surface area (Å²) in [5, 5.41) is 14.4. The molecule has 0 saturated heterocycles. The summed E-state index contributed by atoms with van der Waals surface area (Å²) in [4.78, 5) is 46.8. The van der Waals surface area contributed by atoms with E-state index >= 15 is 0 Å². The number of nitrogens with one attached hydrogen (secondary N) is 2.